The largest absolute Gasteiger partial charge is 0.494 e. The van der Waals surface area contributed by atoms with E-state index in [0.717, 1.165) is 37.7 Å². The summed E-state index contributed by atoms with van der Waals surface area (Å²) in [6.07, 6.45) is 3.62. The highest BCUT2D eigenvalue weighted by atomic mass is 19.3. The third kappa shape index (κ3) is 5.94. The number of aryl methyl sites for hydroxylation is 1. The molecule has 1 N–H and O–H groups in total. The third-order valence-corrected chi connectivity index (χ3v) is 8.87. The molecule has 3 unspecified atom stereocenters. The van der Waals surface area contributed by atoms with Gasteiger partial charge in [-0.2, -0.15) is 5.10 Å². The molecule has 0 radical (unpaired) electrons. The molecule has 6 rings (SSSR count). The van der Waals surface area contributed by atoms with Gasteiger partial charge in [-0.3, -0.25) is 4.68 Å². The first-order valence-corrected chi connectivity index (χ1v) is 15.3. The molecule has 234 valence electrons. The van der Waals surface area contributed by atoms with Crippen molar-refractivity contribution in [3.8, 4) is 16.9 Å². The van der Waals surface area contributed by atoms with Crippen molar-refractivity contribution in [2.24, 2.45) is 5.92 Å². The average Bonchev–Trinajstić information content (AvgIpc) is 3.69. The van der Waals surface area contributed by atoms with Crippen molar-refractivity contribution in [2.75, 3.05) is 13.2 Å². The minimum absolute atomic E-state index is 0.0981. The van der Waals surface area contributed by atoms with Crippen LogP contribution in [0.4, 0.5) is 13.2 Å². The quantitative estimate of drug-likeness (QED) is 0.206. The minimum Gasteiger partial charge on any atom is -0.494 e. The highest BCUT2D eigenvalue weighted by Crippen LogP contribution is 2.38. The summed E-state index contributed by atoms with van der Waals surface area (Å²) in [5, 5.41) is 14.8. The van der Waals surface area contributed by atoms with E-state index in [9.17, 15) is 23.1 Å². The fourth-order valence-corrected chi connectivity index (χ4v) is 6.65. The number of hydrogen-bond acceptors (Lipinski definition) is 6. The Kier molecular flexibility index (Phi) is 8.66. The number of imidazole rings is 1. The third-order valence-electron chi connectivity index (χ3n) is 8.87. The number of carbonyl (C=O) groups excluding carboxylic acids is 1. The van der Waals surface area contributed by atoms with E-state index in [2.05, 4.69) is 10.1 Å². The molecule has 1 aliphatic carbocycles. The van der Waals surface area contributed by atoms with Crippen molar-refractivity contribution < 1.29 is 32.5 Å². The predicted molar refractivity (Wildman–Crippen MR) is 159 cm³/mol. The number of aliphatic hydroxyl groups excluding tert-OH is 1. The van der Waals surface area contributed by atoms with Crippen LogP contribution in [0.2, 0.25) is 0 Å². The van der Waals surface area contributed by atoms with Crippen molar-refractivity contribution in [3.63, 3.8) is 0 Å². The molecule has 2 aromatic heterocycles. The van der Waals surface area contributed by atoms with Gasteiger partial charge >= 0.3 is 5.97 Å². The van der Waals surface area contributed by atoms with E-state index in [1.165, 1.54) is 23.3 Å². The summed E-state index contributed by atoms with van der Waals surface area (Å²) in [6, 6.07) is 7.64. The zero-order chi connectivity index (χ0) is 31.0. The summed E-state index contributed by atoms with van der Waals surface area (Å²) in [4.78, 5) is 17.6. The second-order valence-electron chi connectivity index (χ2n) is 11.8. The lowest BCUT2D eigenvalue weighted by molar-refractivity contribution is -0.146. The molecular weight excluding hydrogens is 573 g/mol. The summed E-state index contributed by atoms with van der Waals surface area (Å²) in [6.45, 7) is 4.28. The van der Waals surface area contributed by atoms with Gasteiger partial charge < -0.3 is 19.1 Å². The van der Waals surface area contributed by atoms with Crippen LogP contribution in [0.1, 0.15) is 74.0 Å². The molecular formula is C33H37F3N4O4. The molecule has 0 amide bonds. The second-order valence-corrected chi connectivity index (χ2v) is 11.8. The summed E-state index contributed by atoms with van der Waals surface area (Å²) in [5.74, 6) is 0.497. The number of nitrogens with zero attached hydrogens (tertiary/aromatic N) is 4. The molecule has 3 heterocycles. The van der Waals surface area contributed by atoms with Gasteiger partial charge in [-0.25, -0.2) is 22.9 Å². The summed E-state index contributed by atoms with van der Waals surface area (Å²) in [7, 11) is 0. The molecule has 0 saturated heterocycles. The van der Waals surface area contributed by atoms with Gasteiger partial charge in [-0.05, 0) is 73.9 Å². The number of halogens is 3. The number of hydrogen-bond donors (Lipinski definition) is 1. The number of aromatic nitrogens is 4. The Labute approximate surface area is 253 Å². The van der Waals surface area contributed by atoms with Gasteiger partial charge in [0, 0.05) is 29.3 Å². The fourth-order valence-electron chi connectivity index (χ4n) is 6.65. The topological polar surface area (TPSA) is 91.4 Å². The number of alkyl halides is 3. The lowest BCUT2D eigenvalue weighted by Crippen LogP contribution is -2.25. The fraction of sp³-hybridized carbons (Fsp3) is 0.485. The van der Waals surface area contributed by atoms with Crippen LogP contribution in [0.25, 0.3) is 22.0 Å². The van der Waals surface area contributed by atoms with Gasteiger partial charge in [0.05, 0.1) is 43.4 Å². The number of esters is 1. The first-order chi connectivity index (χ1) is 21.2. The molecule has 4 aromatic rings. The molecule has 1 saturated carbocycles. The van der Waals surface area contributed by atoms with Gasteiger partial charge in [0.25, 0.3) is 6.43 Å². The number of carbonyl (C=O) groups is 1. The normalized spacial score (nSPS) is 20.7. The lowest BCUT2D eigenvalue weighted by atomic mass is 9.85. The molecule has 44 heavy (non-hydrogen) atoms. The van der Waals surface area contributed by atoms with E-state index in [4.69, 9.17) is 9.47 Å². The number of aliphatic hydroxyl groups is 1. The van der Waals surface area contributed by atoms with E-state index in [-0.39, 0.29) is 36.6 Å². The summed E-state index contributed by atoms with van der Waals surface area (Å²) >= 11 is 0. The molecule has 0 spiro atoms. The number of fused-ring (bicyclic) bond motifs is 2. The monoisotopic (exact) mass is 610 g/mol. The predicted octanol–water partition coefficient (Wildman–Crippen LogP) is 6.51. The number of ether oxygens (including phenoxy) is 2. The molecule has 2 aromatic carbocycles. The smallest absolute Gasteiger partial charge is 0.337 e. The van der Waals surface area contributed by atoms with Crippen LogP contribution in [0.15, 0.2) is 42.9 Å². The minimum atomic E-state index is -2.79. The lowest BCUT2D eigenvalue weighted by Gasteiger charge is -2.25. The zero-order valence-electron chi connectivity index (χ0n) is 24.9. The van der Waals surface area contributed by atoms with E-state index < -0.39 is 24.6 Å². The molecule has 1 fully saturated rings. The summed E-state index contributed by atoms with van der Waals surface area (Å²) < 4.78 is 57.4. The van der Waals surface area contributed by atoms with E-state index in [1.54, 1.807) is 11.5 Å². The van der Waals surface area contributed by atoms with Crippen LogP contribution in [-0.2, 0) is 22.5 Å². The SMILES string of the molecule is CCOC(=O)C(c1ncn2c1C[C@@H](F)C2)n1cc2c(C(F)F)cc(-c3ccc(OCCC4CCCC(O)C4)cc3)c(C)c2n1. The Morgan fingerprint density at radius 1 is 1.20 bits per heavy atom. The Morgan fingerprint density at radius 3 is 2.73 bits per heavy atom. The van der Waals surface area contributed by atoms with Crippen LogP contribution in [0, 0.1) is 12.8 Å². The Balaban J connectivity index is 1.30. The molecule has 4 atom stereocenters. The van der Waals surface area contributed by atoms with Gasteiger partial charge in [0.1, 0.15) is 11.9 Å². The maximum atomic E-state index is 14.5. The Hall–Kier alpha value is -3.86. The van der Waals surface area contributed by atoms with Crippen LogP contribution in [0.5, 0.6) is 5.75 Å². The molecule has 8 nitrogen and oxygen atoms in total. The van der Waals surface area contributed by atoms with E-state index in [1.807, 2.05) is 31.2 Å². The number of benzene rings is 2. The first-order valence-electron chi connectivity index (χ1n) is 15.3. The summed E-state index contributed by atoms with van der Waals surface area (Å²) in [5.41, 5.74) is 3.00. The standard InChI is InChI=1S/C33H37F3N4O4/c1-3-43-33(42)31(30-28-14-22(34)16-39(28)18-37-30)40-17-27-26(32(35)36)15-25(19(2)29(27)38-40)21-7-9-24(10-8-21)44-12-11-20-5-4-6-23(41)13-20/h7-10,15,17-18,20,22-23,31-32,41H,3-6,11-14,16H2,1-2H3/t20?,22-,23?,31?/m1/s1. The molecule has 0 bridgehead atoms. The maximum Gasteiger partial charge on any atom is 0.337 e. The van der Waals surface area contributed by atoms with Crippen molar-refractivity contribution in [1.29, 1.82) is 0 Å². The maximum absolute atomic E-state index is 14.5. The Morgan fingerprint density at radius 2 is 2.00 bits per heavy atom. The molecule has 11 heteroatoms. The number of rotatable bonds is 10. The van der Waals surface area contributed by atoms with Gasteiger partial charge in [-0.15, -0.1) is 0 Å². The Bertz CT molecular complexity index is 1630. The first kappa shape index (κ1) is 30.2. The van der Waals surface area contributed by atoms with Crippen molar-refractivity contribution in [3.05, 3.63) is 65.4 Å². The van der Waals surface area contributed by atoms with E-state index in [0.29, 0.717) is 46.3 Å². The second kappa shape index (κ2) is 12.6. The zero-order valence-corrected chi connectivity index (χ0v) is 24.9. The average molecular weight is 611 g/mol. The van der Waals surface area contributed by atoms with Crippen molar-refractivity contribution in [1.82, 2.24) is 19.3 Å². The van der Waals surface area contributed by atoms with Crippen LogP contribution < -0.4 is 4.74 Å². The van der Waals surface area contributed by atoms with Crippen molar-refractivity contribution in [2.45, 2.75) is 83.7 Å². The van der Waals surface area contributed by atoms with Crippen LogP contribution >= 0.6 is 0 Å². The molecule has 1 aliphatic heterocycles. The van der Waals surface area contributed by atoms with E-state index >= 15 is 0 Å². The van der Waals surface area contributed by atoms with Crippen LogP contribution in [0.3, 0.4) is 0 Å². The van der Waals surface area contributed by atoms with Gasteiger partial charge in [0.15, 0.2) is 6.04 Å². The van der Waals surface area contributed by atoms with Crippen molar-refractivity contribution >= 4 is 16.9 Å². The van der Waals surface area contributed by atoms with Gasteiger partial charge in [-0.1, -0.05) is 25.0 Å². The van der Waals surface area contributed by atoms with Gasteiger partial charge in [0.2, 0.25) is 0 Å². The highest BCUT2D eigenvalue weighted by Gasteiger charge is 2.35. The van der Waals surface area contributed by atoms with Crippen LogP contribution in [-0.4, -0.2) is 55.9 Å². The highest BCUT2D eigenvalue weighted by molar-refractivity contribution is 5.92. The molecule has 2 aliphatic rings.